The lowest BCUT2D eigenvalue weighted by Crippen LogP contribution is -2.27. The molecule has 0 fully saturated rings. The van der Waals surface area contributed by atoms with E-state index in [0.717, 1.165) is 12.1 Å². The molecule has 1 atom stereocenters. The summed E-state index contributed by atoms with van der Waals surface area (Å²) >= 11 is 0. The first kappa shape index (κ1) is 10.6. The van der Waals surface area contributed by atoms with Crippen LogP contribution in [0.4, 0.5) is 0 Å². The molecule has 0 saturated heterocycles. The van der Waals surface area contributed by atoms with Gasteiger partial charge in [0.15, 0.2) is 0 Å². The summed E-state index contributed by atoms with van der Waals surface area (Å²) in [5, 5.41) is 3.19. The van der Waals surface area contributed by atoms with Gasteiger partial charge in [-0.3, -0.25) is 0 Å². The summed E-state index contributed by atoms with van der Waals surface area (Å²) in [6, 6.07) is 10.6. The maximum absolute atomic E-state index is 5.32. The number of hydrogen-bond acceptors (Lipinski definition) is 3. The van der Waals surface area contributed by atoms with Crippen LogP contribution < -0.4 is 5.32 Å². The topological polar surface area (TPSA) is 33.6 Å². The predicted octanol–water partition coefficient (Wildman–Crippen LogP) is 1.73. The number of amidine groups is 1. The first-order valence-corrected chi connectivity index (χ1v) is 5.31. The molecule has 0 aliphatic carbocycles. The number of nitrogens with zero attached hydrogens (tertiary/aromatic N) is 1. The van der Waals surface area contributed by atoms with Crippen molar-refractivity contribution in [2.45, 2.75) is 13.0 Å². The largest absolute Gasteiger partial charge is 0.463 e. The van der Waals surface area contributed by atoms with Gasteiger partial charge in [0.05, 0.1) is 6.54 Å². The van der Waals surface area contributed by atoms with Crippen molar-refractivity contribution in [3.8, 4) is 11.8 Å². The van der Waals surface area contributed by atoms with Gasteiger partial charge in [0, 0.05) is 0 Å². The fraction of sp³-hybridized carbons (Fsp3) is 0.308. The van der Waals surface area contributed by atoms with Crippen molar-refractivity contribution in [2.24, 2.45) is 4.99 Å². The van der Waals surface area contributed by atoms with Crippen molar-refractivity contribution in [3.05, 3.63) is 35.9 Å². The van der Waals surface area contributed by atoms with Crippen LogP contribution in [0, 0.1) is 11.8 Å². The predicted molar refractivity (Wildman–Crippen MR) is 64.0 cm³/mol. The first-order valence-electron chi connectivity index (χ1n) is 5.31. The molecule has 1 aromatic carbocycles. The zero-order valence-corrected chi connectivity index (χ0v) is 9.23. The summed E-state index contributed by atoms with van der Waals surface area (Å²) in [6.45, 7) is 3.21. The highest BCUT2D eigenvalue weighted by atomic mass is 16.5. The van der Waals surface area contributed by atoms with E-state index in [-0.39, 0.29) is 6.04 Å². The van der Waals surface area contributed by atoms with E-state index in [4.69, 9.17) is 4.74 Å². The average molecular weight is 214 g/mol. The van der Waals surface area contributed by atoms with Crippen molar-refractivity contribution in [1.82, 2.24) is 5.32 Å². The molecule has 16 heavy (non-hydrogen) atoms. The third kappa shape index (κ3) is 2.54. The number of ether oxygens (including phenoxy) is 1. The standard InChI is InChI=1S/C13H14N2O/c1-2-6-12(11-7-4-3-5-8-11)15-13-14-9-10-16-13/h3-5,7-8,12H,9-10H2,1H3,(H,14,15). The zero-order valence-electron chi connectivity index (χ0n) is 9.23. The van der Waals surface area contributed by atoms with Crippen LogP contribution in [0.1, 0.15) is 18.5 Å². The van der Waals surface area contributed by atoms with Crippen molar-refractivity contribution < 1.29 is 4.74 Å². The fourth-order valence-electron chi connectivity index (χ4n) is 1.54. The normalized spacial score (nSPS) is 15.4. The molecule has 1 N–H and O–H groups in total. The zero-order chi connectivity index (χ0) is 11.2. The van der Waals surface area contributed by atoms with E-state index in [0.29, 0.717) is 12.6 Å². The Hall–Kier alpha value is -1.95. The summed E-state index contributed by atoms with van der Waals surface area (Å²) in [5.74, 6) is 6.02. The lowest BCUT2D eigenvalue weighted by molar-refractivity contribution is 0.329. The van der Waals surface area contributed by atoms with Gasteiger partial charge in [-0.1, -0.05) is 36.3 Å². The molecular formula is C13H14N2O. The minimum atomic E-state index is -0.0527. The molecule has 1 aliphatic rings. The lowest BCUT2D eigenvalue weighted by atomic mass is 10.1. The summed E-state index contributed by atoms with van der Waals surface area (Å²) in [7, 11) is 0. The van der Waals surface area contributed by atoms with E-state index in [1.165, 1.54) is 0 Å². The highest BCUT2D eigenvalue weighted by Gasteiger charge is 2.13. The van der Waals surface area contributed by atoms with Crippen LogP contribution >= 0.6 is 0 Å². The maximum Gasteiger partial charge on any atom is 0.286 e. The molecule has 0 aromatic heterocycles. The van der Waals surface area contributed by atoms with Crippen LogP contribution in [0.25, 0.3) is 0 Å². The second-order valence-corrected chi connectivity index (χ2v) is 3.42. The third-order valence-electron chi connectivity index (χ3n) is 2.27. The van der Waals surface area contributed by atoms with Gasteiger partial charge in [0.1, 0.15) is 12.6 Å². The highest BCUT2D eigenvalue weighted by molar-refractivity contribution is 5.75. The minimum absolute atomic E-state index is 0.0527. The van der Waals surface area contributed by atoms with Crippen LogP contribution in [-0.4, -0.2) is 19.2 Å². The van der Waals surface area contributed by atoms with E-state index < -0.39 is 0 Å². The Morgan fingerprint density at radius 3 is 2.81 bits per heavy atom. The van der Waals surface area contributed by atoms with Gasteiger partial charge in [-0.25, -0.2) is 4.99 Å². The SMILES string of the molecule is CC#CC(NC1=NCCO1)c1ccccc1. The molecule has 0 radical (unpaired) electrons. The summed E-state index contributed by atoms with van der Waals surface area (Å²) < 4.78 is 5.32. The van der Waals surface area contributed by atoms with Gasteiger partial charge in [-0.05, 0) is 12.5 Å². The van der Waals surface area contributed by atoms with Gasteiger partial charge in [0.2, 0.25) is 0 Å². The molecule has 1 aromatic rings. The molecule has 0 bridgehead atoms. The van der Waals surface area contributed by atoms with Gasteiger partial charge in [-0.15, -0.1) is 5.92 Å². The second kappa shape index (κ2) is 5.22. The van der Waals surface area contributed by atoms with E-state index in [2.05, 4.69) is 22.2 Å². The smallest absolute Gasteiger partial charge is 0.286 e. The monoisotopic (exact) mass is 214 g/mol. The lowest BCUT2D eigenvalue weighted by Gasteiger charge is -2.13. The van der Waals surface area contributed by atoms with E-state index >= 15 is 0 Å². The molecule has 3 heteroatoms. The Balaban J connectivity index is 2.13. The number of aliphatic imine (C=N–C) groups is 1. The van der Waals surface area contributed by atoms with E-state index in [1.54, 1.807) is 0 Å². The molecule has 0 spiro atoms. The van der Waals surface area contributed by atoms with Gasteiger partial charge in [-0.2, -0.15) is 0 Å². The van der Waals surface area contributed by atoms with Crippen LogP contribution in [0.5, 0.6) is 0 Å². The number of benzene rings is 1. The van der Waals surface area contributed by atoms with Crippen molar-refractivity contribution in [3.63, 3.8) is 0 Å². The Morgan fingerprint density at radius 1 is 1.38 bits per heavy atom. The van der Waals surface area contributed by atoms with Crippen molar-refractivity contribution in [2.75, 3.05) is 13.2 Å². The Kier molecular flexibility index (Phi) is 3.45. The summed E-state index contributed by atoms with van der Waals surface area (Å²) in [5.41, 5.74) is 1.12. The van der Waals surface area contributed by atoms with Crippen LogP contribution in [0.2, 0.25) is 0 Å². The molecule has 0 saturated carbocycles. The molecule has 2 rings (SSSR count). The van der Waals surface area contributed by atoms with E-state index in [9.17, 15) is 0 Å². The molecule has 3 nitrogen and oxygen atoms in total. The van der Waals surface area contributed by atoms with Crippen LogP contribution in [0.3, 0.4) is 0 Å². The second-order valence-electron chi connectivity index (χ2n) is 3.42. The summed E-state index contributed by atoms with van der Waals surface area (Å²) in [4.78, 5) is 4.20. The Labute approximate surface area is 95.5 Å². The van der Waals surface area contributed by atoms with Crippen molar-refractivity contribution in [1.29, 1.82) is 0 Å². The molecular weight excluding hydrogens is 200 g/mol. The van der Waals surface area contributed by atoms with Gasteiger partial charge >= 0.3 is 0 Å². The number of hydrogen-bond donors (Lipinski definition) is 1. The number of rotatable bonds is 2. The molecule has 1 aliphatic heterocycles. The first-order chi connectivity index (χ1) is 7.90. The third-order valence-corrected chi connectivity index (χ3v) is 2.27. The quantitative estimate of drug-likeness (QED) is 0.761. The van der Waals surface area contributed by atoms with Crippen LogP contribution in [-0.2, 0) is 4.74 Å². The molecule has 1 heterocycles. The highest BCUT2D eigenvalue weighted by Crippen LogP contribution is 2.12. The molecule has 1 unspecified atom stereocenters. The molecule has 82 valence electrons. The maximum atomic E-state index is 5.32. The minimum Gasteiger partial charge on any atom is -0.463 e. The Bertz CT molecular complexity index is 428. The van der Waals surface area contributed by atoms with Crippen molar-refractivity contribution >= 4 is 6.02 Å². The summed E-state index contributed by atoms with van der Waals surface area (Å²) in [6.07, 6.45) is 0. The fourth-order valence-corrected chi connectivity index (χ4v) is 1.54. The Morgan fingerprint density at radius 2 is 2.19 bits per heavy atom. The average Bonchev–Trinajstić information content (AvgIpc) is 2.83. The van der Waals surface area contributed by atoms with Gasteiger partial charge < -0.3 is 10.1 Å². The molecule has 0 amide bonds. The van der Waals surface area contributed by atoms with Gasteiger partial charge in [0.25, 0.3) is 6.02 Å². The van der Waals surface area contributed by atoms with Crippen LogP contribution in [0.15, 0.2) is 35.3 Å². The van der Waals surface area contributed by atoms with E-state index in [1.807, 2.05) is 37.3 Å². The number of nitrogens with one attached hydrogen (secondary N) is 1.